The minimum Gasteiger partial charge on any atom is -0.456 e. The molecule has 224 valence electrons. The van der Waals surface area contributed by atoms with E-state index in [1.54, 1.807) is 0 Å². The molecule has 0 aliphatic rings. The van der Waals surface area contributed by atoms with Gasteiger partial charge in [0.2, 0.25) is 0 Å². The fourth-order valence-electron chi connectivity index (χ4n) is 6.95. The van der Waals surface area contributed by atoms with Crippen LogP contribution in [0.1, 0.15) is 0 Å². The number of rotatable bonds is 4. The molecule has 0 atom stereocenters. The SMILES string of the molecule is c1ccc(-c2ccc3oc4c5ccccc5c(-c5nc(-c6ccccc6)cc(-c6ccc7c(c6)oc6ccccc67)n5)cc4c3c2)cc1. The molecule has 0 aliphatic heterocycles. The molecule has 0 saturated carbocycles. The lowest BCUT2D eigenvalue weighted by molar-refractivity contribution is 0.669. The van der Waals surface area contributed by atoms with E-state index in [-0.39, 0.29) is 0 Å². The predicted octanol–water partition coefficient (Wildman–Crippen LogP) is 12.1. The highest BCUT2D eigenvalue weighted by atomic mass is 16.3. The minimum absolute atomic E-state index is 0.655. The Bertz CT molecular complexity index is 2830. The Morgan fingerprint density at radius 2 is 0.958 bits per heavy atom. The summed E-state index contributed by atoms with van der Waals surface area (Å²) in [5.74, 6) is 0.655. The third-order valence-corrected chi connectivity index (χ3v) is 9.30. The van der Waals surface area contributed by atoms with Crippen molar-refractivity contribution in [3.05, 3.63) is 158 Å². The number of para-hydroxylation sites is 1. The van der Waals surface area contributed by atoms with Gasteiger partial charge in [0.25, 0.3) is 0 Å². The van der Waals surface area contributed by atoms with Crippen LogP contribution in [-0.2, 0) is 0 Å². The van der Waals surface area contributed by atoms with E-state index in [0.717, 1.165) is 88.3 Å². The van der Waals surface area contributed by atoms with E-state index in [2.05, 4.69) is 115 Å². The van der Waals surface area contributed by atoms with E-state index in [4.69, 9.17) is 18.8 Å². The molecule has 0 unspecified atom stereocenters. The number of nitrogens with zero attached hydrogens (tertiary/aromatic N) is 2. The monoisotopic (exact) mass is 614 g/mol. The Labute approximate surface area is 275 Å². The molecule has 0 N–H and O–H groups in total. The number of hydrogen-bond acceptors (Lipinski definition) is 4. The quantitative estimate of drug-likeness (QED) is 0.198. The van der Waals surface area contributed by atoms with E-state index >= 15 is 0 Å². The maximum absolute atomic E-state index is 6.55. The summed E-state index contributed by atoms with van der Waals surface area (Å²) in [6, 6.07) is 54.3. The molecule has 4 heteroatoms. The summed E-state index contributed by atoms with van der Waals surface area (Å²) in [5, 5.41) is 6.36. The Kier molecular flexibility index (Phi) is 5.84. The Morgan fingerprint density at radius 3 is 1.77 bits per heavy atom. The lowest BCUT2D eigenvalue weighted by Gasteiger charge is -2.12. The Hall–Kier alpha value is -6.52. The second kappa shape index (κ2) is 10.5. The molecule has 0 saturated heterocycles. The van der Waals surface area contributed by atoms with Crippen LogP contribution in [0.5, 0.6) is 0 Å². The summed E-state index contributed by atoms with van der Waals surface area (Å²) in [7, 11) is 0. The van der Waals surface area contributed by atoms with Gasteiger partial charge in [0.05, 0.1) is 11.4 Å². The zero-order valence-electron chi connectivity index (χ0n) is 25.7. The molecule has 0 amide bonds. The van der Waals surface area contributed by atoms with Crippen molar-refractivity contribution in [2.24, 2.45) is 0 Å². The van der Waals surface area contributed by atoms with Crippen LogP contribution in [0.15, 0.2) is 167 Å². The van der Waals surface area contributed by atoms with Gasteiger partial charge in [-0.05, 0) is 59.0 Å². The van der Waals surface area contributed by atoms with Crippen molar-refractivity contribution in [3.63, 3.8) is 0 Å². The molecule has 0 fully saturated rings. The van der Waals surface area contributed by atoms with Gasteiger partial charge in [-0.15, -0.1) is 0 Å². The number of fused-ring (bicyclic) bond motifs is 8. The number of aromatic nitrogens is 2. The highest BCUT2D eigenvalue weighted by molar-refractivity contribution is 6.19. The second-order valence-electron chi connectivity index (χ2n) is 12.2. The summed E-state index contributed by atoms with van der Waals surface area (Å²) in [6.45, 7) is 0. The Balaban J connectivity index is 1.23. The highest BCUT2D eigenvalue weighted by Gasteiger charge is 2.19. The molecule has 0 bridgehead atoms. The fraction of sp³-hybridized carbons (Fsp3) is 0. The standard InChI is InChI=1S/C44H26N2O2/c1-3-11-27(12-4-1)29-20-22-41-35(23-29)36-25-37(31-15-7-8-17-34(31)43(36)48-41)44-45-38(28-13-5-2-6-14-28)26-39(46-44)30-19-21-33-32-16-9-10-18-40(32)47-42(33)24-30/h1-26H. The van der Waals surface area contributed by atoms with Gasteiger partial charge in [0.1, 0.15) is 22.3 Å². The smallest absolute Gasteiger partial charge is 0.161 e. The maximum atomic E-state index is 6.55. The number of furan rings is 2. The molecule has 0 spiro atoms. The molecule has 4 nitrogen and oxygen atoms in total. The van der Waals surface area contributed by atoms with Crippen molar-refractivity contribution < 1.29 is 8.83 Å². The van der Waals surface area contributed by atoms with Crippen molar-refractivity contribution in [2.75, 3.05) is 0 Å². The molecule has 3 aromatic heterocycles. The van der Waals surface area contributed by atoms with Gasteiger partial charge in [-0.1, -0.05) is 115 Å². The molecule has 0 aliphatic carbocycles. The summed E-state index contributed by atoms with van der Waals surface area (Å²) >= 11 is 0. The summed E-state index contributed by atoms with van der Waals surface area (Å²) < 4.78 is 12.8. The third-order valence-electron chi connectivity index (χ3n) is 9.30. The molecule has 0 radical (unpaired) electrons. The first-order valence-electron chi connectivity index (χ1n) is 16.1. The topological polar surface area (TPSA) is 52.1 Å². The van der Waals surface area contributed by atoms with Crippen LogP contribution in [0.25, 0.3) is 99.7 Å². The van der Waals surface area contributed by atoms with Gasteiger partial charge in [-0.2, -0.15) is 0 Å². The first-order valence-corrected chi connectivity index (χ1v) is 16.1. The van der Waals surface area contributed by atoms with Gasteiger partial charge in [0.15, 0.2) is 5.82 Å². The van der Waals surface area contributed by atoms with Crippen LogP contribution in [0, 0.1) is 0 Å². The summed E-state index contributed by atoms with van der Waals surface area (Å²) in [4.78, 5) is 10.5. The molecular formula is C44H26N2O2. The van der Waals surface area contributed by atoms with Crippen molar-refractivity contribution in [2.45, 2.75) is 0 Å². The van der Waals surface area contributed by atoms with E-state index in [0.29, 0.717) is 5.82 Å². The van der Waals surface area contributed by atoms with Crippen LogP contribution in [-0.4, -0.2) is 9.97 Å². The second-order valence-corrected chi connectivity index (χ2v) is 12.2. The average Bonchev–Trinajstić information content (AvgIpc) is 3.73. The lowest BCUT2D eigenvalue weighted by atomic mass is 9.97. The maximum Gasteiger partial charge on any atom is 0.161 e. The molecule has 7 aromatic carbocycles. The highest BCUT2D eigenvalue weighted by Crippen LogP contribution is 2.41. The zero-order chi connectivity index (χ0) is 31.6. The first-order chi connectivity index (χ1) is 23.8. The molecule has 10 aromatic rings. The zero-order valence-corrected chi connectivity index (χ0v) is 25.7. The van der Waals surface area contributed by atoms with E-state index in [1.165, 1.54) is 5.56 Å². The number of hydrogen-bond donors (Lipinski definition) is 0. The van der Waals surface area contributed by atoms with Gasteiger partial charge >= 0.3 is 0 Å². The van der Waals surface area contributed by atoms with Gasteiger partial charge in [-0.3, -0.25) is 0 Å². The van der Waals surface area contributed by atoms with Gasteiger partial charge < -0.3 is 8.83 Å². The van der Waals surface area contributed by atoms with Crippen LogP contribution in [0.3, 0.4) is 0 Å². The van der Waals surface area contributed by atoms with E-state index in [9.17, 15) is 0 Å². The predicted molar refractivity (Wildman–Crippen MR) is 196 cm³/mol. The summed E-state index contributed by atoms with van der Waals surface area (Å²) in [5.41, 5.74) is 10.4. The van der Waals surface area contributed by atoms with Crippen molar-refractivity contribution in [1.29, 1.82) is 0 Å². The molecule has 48 heavy (non-hydrogen) atoms. The van der Waals surface area contributed by atoms with Crippen molar-refractivity contribution in [3.8, 4) is 45.0 Å². The lowest BCUT2D eigenvalue weighted by Crippen LogP contribution is -1.96. The van der Waals surface area contributed by atoms with Crippen molar-refractivity contribution >= 4 is 54.6 Å². The molecular weight excluding hydrogens is 588 g/mol. The van der Waals surface area contributed by atoms with Gasteiger partial charge in [-0.25, -0.2) is 9.97 Å². The average molecular weight is 615 g/mol. The molecule has 3 heterocycles. The van der Waals surface area contributed by atoms with Crippen molar-refractivity contribution in [1.82, 2.24) is 9.97 Å². The van der Waals surface area contributed by atoms with Gasteiger partial charge in [0, 0.05) is 43.6 Å². The van der Waals surface area contributed by atoms with E-state index < -0.39 is 0 Å². The molecule has 10 rings (SSSR count). The largest absolute Gasteiger partial charge is 0.456 e. The normalized spacial score (nSPS) is 11.8. The third kappa shape index (κ3) is 4.24. The minimum atomic E-state index is 0.655. The Morgan fingerprint density at radius 1 is 0.333 bits per heavy atom. The number of benzene rings is 7. The first kappa shape index (κ1) is 26.7. The van der Waals surface area contributed by atoms with Crippen LogP contribution < -0.4 is 0 Å². The van der Waals surface area contributed by atoms with Crippen LogP contribution in [0.4, 0.5) is 0 Å². The fourth-order valence-corrected chi connectivity index (χ4v) is 6.95. The van der Waals surface area contributed by atoms with E-state index in [1.807, 2.05) is 42.5 Å². The summed E-state index contributed by atoms with van der Waals surface area (Å²) in [6.07, 6.45) is 0. The van der Waals surface area contributed by atoms with Crippen LogP contribution >= 0.6 is 0 Å². The van der Waals surface area contributed by atoms with Crippen LogP contribution in [0.2, 0.25) is 0 Å².